The SMILES string of the molecule is C[C@@H]1CC[C@@H]2C(C)(C)[C@H]3C[C@@](C)(O)C[C@@]12C3. The van der Waals surface area contributed by atoms with Crippen LogP contribution < -0.4 is 0 Å². The lowest BCUT2D eigenvalue weighted by molar-refractivity contribution is -0.0532. The van der Waals surface area contributed by atoms with Crippen LogP contribution in [0.4, 0.5) is 0 Å². The average molecular weight is 222 g/mol. The summed E-state index contributed by atoms with van der Waals surface area (Å²) in [4.78, 5) is 0. The molecule has 0 amide bonds. The lowest BCUT2D eigenvalue weighted by Gasteiger charge is -2.44. The number of aliphatic hydroxyl groups is 1. The molecular formula is C15H26O. The molecule has 3 rings (SSSR count). The first-order valence-electron chi connectivity index (χ1n) is 7.00. The Labute approximate surface area is 99.6 Å². The highest BCUT2D eigenvalue weighted by molar-refractivity contribution is 5.15. The van der Waals surface area contributed by atoms with Gasteiger partial charge in [0, 0.05) is 0 Å². The Bertz CT molecular complexity index is 317. The predicted molar refractivity (Wildman–Crippen MR) is 66.1 cm³/mol. The lowest BCUT2D eigenvalue weighted by atomic mass is 9.63. The fraction of sp³-hybridized carbons (Fsp3) is 1.00. The van der Waals surface area contributed by atoms with Crippen LogP contribution in [-0.4, -0.2) is 10.7 Å². The van der Waals surface area contributed by atoms with E-state index in [2.05, 4.69) is 27.7 Å². The Hall–Kier alpha value is -0.0400. The van der Waals surface area contributed by atoms with Crippen molar-refractivity contribution in [2.24, 2.45) is 28.6 Å². The molecule has 5 atom stereocenters. The van der Waals surface area contributed by atoms with Gasteiger partial charge in [-0.15, -0.1) is 0 Å². The van der Waals surface area contributed by atoms with Gasteiger partial charge in [-0.3, -0.25) is 0 Å². The summed E-state index contributed by atoms with van der Waals surface area (Å²) in [5.41, 5.74) is 0.550. The van der Waals surface area contributed by atoms with Crippen molar-refractivity contribution < 1.29 is 5.11 Å². The van der Waals surface area contributed by atoms with Gasteiger partial charge >= 0.3 is 0 Å². The molecule has 0 heterocycles. The molecule has 1 nitrogen and oxygen atoms in total. The minimum absolute atomic E-state index is 0.395. The average Bonchev–Trinajstić information content (AvgIpc) is 2.48. The topological polar surface area (TPSA) is 20.2 Å². The van der Waals surface area contributed by atoms with E-state index in [4.69, 9.17) is 0 Å². The van der Waals surface area contributed by atoms with Crippen LogP contribution in [0.5, 0.6) is 0 Å². The van der Waals surface area contributed by atoms with E-state index in [1.165, 1.54) is 19.3 Å². The van der Waals surface area contributed by atoms with Gasteiger partial charge in [-0.25, -0.2) is 0 Å². The maximum atomic E-state index is 10.5. The molecule has 0 unspecified atom stereocenters. The summed E-state index contributed by atoms with van der Waals surface area (Å²) in [6, 6.07) is 0. The van der Waals surface area contributed by atoms with Crippen molar-refractivity contribution in [1.82, 2.24) is 0 Å². The molecule has 16 heavy (non-hydrogen) atoms. The quantitative estimate of drug-likeness (QED) is 0.664. The van der Waals surface area contributed by atoms with Crippen LogP contribution in [0.25, 0.3) is 0 Å². The first kappa shape index (κ1) is 11.1. The molecule has 1 N–H and O–H groups in total. The zero-order chi connectivity index (χ0) is 11.8. The van der Waals surface area contributed by atoms with Crippen LogP contribution in [0.15, 0.2) is 0 Å². The van der Waals surface area contributed by atoms with Crippen LogP contribution in [-0.2, 0) is 0 Å². The molecule has 3 aliphatic rings. The maximum Gasteiger partial charge on any atom is 0.0628 e. The third-order valence-corrected chi connectivity index (χ3v) is 6.54. The summed E-state index contributed by atoms with van der Waals surface area (Å²) >= 11 is 0. The molecule has 0 saturated heterocycles. The van der Waals surface area contributed by atoms with Gasteiger partial charge < -0.3 is 5.11 Å². The second kappa shape index (κ2) is 2.85. The highest BCUT2D eigenvalue weighted by atomic mass is 16.3. The molecule has 3 fully saturated rings. The van der Waals surface area contributed by atoms with Crippen molar-refractivity contribution >= 4 is 0 Å². The molecule has 0 radical (unpaired) electrons. The minimum atomic E-state index is -0.395. The molecule has 1 spiro atoms. The van der Waals surface area contributed by atoms with Gasteiger partial charge in [0.25, 0.3) is 0 Å². The molecular weight excluding hydrogens is 196 g/mol. The smallest absolute Gasteiger partial charge is 0.0628 e. The van der Waals surface area contributed by atoms with E-state index in [1.807, 2.05) is 0 Å². The van der Waals surface area contributed by atoms with Crippen LogP contribution >= 0.6 is 0 Å². The number of hydrogen-bond donors (Lipinski definition) is 1. The first-order valence-corrected chi connectivity index (χ1v) is 7.00. The van der Waals surface area contributed by atoms with Crippen LogP contribution in [0.2, 0.25) is 0 Å². The van der Waals surface area contributed by atoms with Crippen molar-refractivity contribution in [1.29, 1.82) is 0 Å². The van der Waals surface area contributed by atoms with E-state index in [0.717, 1.165) is 30.6 Å². The highest BCUT2D eigenvalue weighted by Gasteiger charge is 2.66. The van der Waals surface area contributed by atoms with Crippen molar-refractivity contribution in [3.8, 4) is 0 Å². The molecule has 3 saturated carbocycles. The van der Waals surface area contributed by atoms with Crippen LogP contribution in [0.3, 0.4) is 0 Å². The number of hydrogen-bond acceptors (Lipinski definition) is 1. The largest absolute Gasteiger partial charge is 0.390 e. The van der Waals surface area contributed by atoms with Crippen molar-refractivity contribution in [3.05, 3.63) is 0 Å². The van der Waals surface area contributed by atoms with Gasteiger partial charge in [-0.05, 0) is 67.6 Å². The minimum Gasteiger partial charge on any atom is -0.390 e. The van der Waals surface area contributed by atoms with E-state index in [1.54, 1.807) is 0 Å². The van der Waals surface area contributed by atoms with Crippen LogP contribution in [0, 0.1) is 28.6 Å². The van der Waals surface area contributed by atoms with E-state index < -0.39 is 5.60 Å². The third-order valence-electron chi connectivity index (χ3n) is 6.54. The first-order chi connectivity index (χ1) is 7.28. The fourth-order valence-corrected chi connectivity index (χ4v) is 5.81. The normalized spacial score (nSPS) is 58.7. The molecule has 0 aromatic rings. The summed E-state index contributed by atoms with van der Waals surface area (Å²) in [6.45, 7) is 9.43. The second-order valence-corrected chi connectivity index (χ2v) is 7.86. The monoisotopic (exact) mass is 222 g/mol. The maximum absolute atomic E-state index is 10.5. The summed E-state index contributed by atoms with van der Waals surface area (Å²) in [5, 5.41) is 10.5. The molecule has 0 aromatic heterocycles. The third kappa shape index (κ3) is 1.16. The van der Waals surface area contributed by atoms with E-state index in [9.17, 15) is 5.11 Å². The van der Waals surface area contributed by atoms with Gasteiger partial charge in [0.15, 0.2) is 0 Å². The molecule has 1 heteroatoms. The lowest BCUT2D eigenvalue weighted by Crippen LogP contribution is -2.41. The summed E-state index contributed by atoms with van der Waals surface area (Å²) in [6.07, 6.45) is 6.27. The van der Waals surface area contributed by atoms with E-state index in [0.29, 0.717) is 10.8 Å². The van der Waals surface area contributed by atoms with Gasteiger partial charge in [-0.2, -0.15) is 0 Å². The fourth-order valence-electron chi connectivity index (χ4n) is 5.81. The number of fused-ring (bicyclic) bond motifs is 1. The summed E-state index contributed by atoms with van der Waals surface area (Å²) < 4.78 is 0. The molecule has 0 aromatic carbocycles. The van der Waals surface area contributed by atoms with Crippen molar-refractivity contribution in [3.63, 3.8) is 0 Å². The summed E-state index contributed by atoms with van der Waals surface area (Å²) in [7, 11) is 0. The molecule has 0 aliphatic heterocycles. The van der Waals surface area contributed by atoms with Gasteiger partial charge in [0.05, 0.1) is 5.60 Å². The zero-order valence-electron chi connectivity index (χ0n) is 11.2. The van der Waals surface area contributed by atoms with Crippen molar-refractivity contribution in [2.75, 3.05) is 0 Å². The molecule has 92 valence electrons. The Morgan fingerprint density at radius 1 is 1.06 bits per heavy atom. The second-order valence-electron chi connectivity index (χ2n) is 7.86. The standard InChI is InChI=1S/C15H26O/c1-10-5-6-12-13(2,3)11-7-14(4,16)9-15(10,12)8-11/h10-12,16H,5-9H2,1-4H3/t10-,11+,12-,14-,15+/m1/s1. The van der Waals surface area contributed by atoms with Crippen LogP contribution in [0.1, 0.15) is 59.8 Å². The Balaban J connectivity index is 2.07. The molecule has 3 aliphatic carbocycles. The number of rotatable bonds is 0. The van der Waals surface area contributed by atoms with Gasteiger partial charge in [0.1, 0.15) is 0 Å². The van der Waals surface area contributed by atoms with E-state index >= 15 is 0 Å². The Morgan fingerprint density at radius 3 is 2.44 bits per heavy atom. The van der Waals surface area contributed by atoms with Gasteiger partial charge in [0.2, 0.25) is 0 Å². The Morgan fingerprint density at radius 2 is 1.75 bits per heavy atom. The zero-order valence-corrected chi connectivity index (χ0v) is 11.2. The Kier molecular flexibility index (Phi) is 1.98. The predicted octanol–water partition coefficient (Wildman–Crippen LogP) is 3.61. The van der Waals surface area contributed by atoms with E-state index in [-0.39, 0.29) is 0 Å². The molecule has 2 bridgehead atoms. The highest BCUT2D eigenvalue weighted by Crippen LogP contribution is 2.72. The van der Waals surface area contributed by atoms with Gasteiger partial charge in [-0.1, -0.05) is 20.8 Å². The van der Waals surface area contributed by atoms with Crippen molar-refractivity contribution in [2.45, 2.75) is 65.4 Å². The summed E-state index contributed by atoms with van der Waals surface area (Å²) in [5.74, 6) is 2.45.